The van der Waals surface area contributed by atoms with Crippen LogP contribution in [-0.2, 0) is 9.47 Å². The largest absolute Gasteiger partial charge is 0.494 e. The van der Waals surface area contributed by atoms with E-state index in [9.17, 15) is 0 Å². The van der Waals surface area contributed by atoms with Crippen LogP contribution in [0.2, 0.25) is 5.02 Å². The van der Waals surface area contributed by atoms with Gasteiger partial charge in [0.1, 0.15) is 11.5 Å². The second-order valence-corrected chi connectivity index (χ2v) is 7.21. The standard InChI is InChI=1S/C22H27ClO4/c1-3-16(2)26-20-12-10-19(11-13-20)24-14-4-5-21-15-25-22(27-21)17-6-8-18(23)9-7-17/h6-13,16,21-22H,3-5,14-15H2,1-2H3. The number of rotatable bonds is 9. The summed E-state index contributed by atoms with van der Waals surface area (Å²) in [4.78, 5) is 0. The fourth-order valence-electron chi connectivity index (χ4n) is 2.83. The van der Waals surface area contributed by atoms with E-state index in [-0.39, 0.29) is 18.5 Å². The molecule has 2 aromatic rings. The molecule has 4 nitrogen and oxygen atoms in total. The van der Waals surface area contributed by atoms with E-state index >= 15 is 0 Å². The highest BCUT2D eigenvalue weighted by Crippen LogP contribution is 2.29. The molecule has 0 amide bonds. The van der Waals surface area contributed by atoms with Gasteiger partial charge in [-0.1, -0.05) is 30.7 Å². The summed E-state index contributed by atoms with van der Waals surface area (Å²) in [6, 6.07) is 15.4. The van der Waals surface area contributed by atoms with E-state index in [1.807, 2.05) is 48.5 Å². The third kappa shape index (κ3) is 6.13. The fraction of sp³-hybridized carbons (Fsp3) is 0.455. The van der Waals surface area contributed by atoms with E-state index < -0.39 is 0 Å². The molecule has 5 heteroatoms. The molecule has 1 fully saturated rings. The molecule has 0 spiro atoms. The molecule has 3 rings (SSSR count). The smallest absolute Gasteiger partial charge is 0.184 e. The predicted octanol–water partition coefficient (Wildman–Crippen LogP) is 5.79. The van der Waals surface area contributed by atoms with Crippen molar-refractivity contribution in [2.75, 3.05) is 13.2 Å². The van der Waals surface area contributed by atoms with Gasteiger partial charge in [0.15, 0.2) is 6.29 Å². The molecule has 1 heterocycles. The Kier molecular flexibility index (Phi) is 7.39. The van der Waals surface area contributed by atoms with E-state index in [1.165, 1.54) is 0 Å². The number of benzene rings is 2. The summed E-state index contributed by atoms with van der Waals surface area (Å²) in [6.45, 7) is 5.43. The molecule has 146 valence electrons. The average molecular weight is 391 g/mol. The van der Waals surface area contributed by atoms with Crippen molar-refractivity contribution in [3.63, 3.8) is 0 Å². The SMILES string of the molecule is CCC(C)Oc1ccc(OCCCC2COC(c3ccc(Cl)cc3)O2)cc1. The van der Waals surface area contributed by atoms with Crippen molar-refractivity contribution in [3.05, 3.63) is 59.1 Å². The molecule has 0 N–H and O–H groups in total. The van der Waals surface area contributed by atoms with Crippen LogP contribution in [0.3, 0.4) is 0 Å². The van der Waals surface area contributed by atoms with Gasteiger partial charge in [-0.3, -0.25) is 0 Å². The second kappa shape index (κ2) is 9.98. The van der Waals surface area contributed by atoms with E-state index in [0.717, 1.165) is 36.3 Å². The molecule has 0 radical (unpaired) electrons. The molecule has 0 aliphatic carbocycles. The van der Waals surface area contributed by atoms with Crippen LogP contribution < -0.4 is 9.47 Å². The minimum absolute atomic E-state index is 0.0978. The summed E-state index contributed by atoms with van der Waals surface area (Å²) >= 11 is 5.92. The first-order valence-corrected chi connectivity index (χ1v) is 9.94. The van der Waals surface area contributed by atoms with Crippen LogP contribution >= 0.6 is 11.6 Å². The maximum Gasteiger partial charge on any atom is 0.184 e. The Balaban J connectivity index is 1.35. The quantitative estimate of drug-likeness (QED) is 0.508. The van der Waals surface area contributed by atoms with Gasteiger partial charge in [-0.25, -0.2) is 0 Å². The molecule has 3 atom stereocenters. The first kappa shape index (κ1) is 20.0. The lowest BCUT2D eigenvalue weighted by molar-refractivity contribution is -0.0616. The summed E-state index contributed by atoms with van der Waals surface area (Å²) in [6.07, 6.45) is 2.82. The molecule has 1 aliphatic rings. The number of ether oxygens (including phenoxy) is 4. The number of hydrogen-bond donors (Lipinski definition) is 0. The van der Waals surface area contributed by atoms with Crippen molar-refractivity contribution in [2.24, 2.45) is 0 Å². The van der Waals surface area contributed by atoms with Crippen molar-refractivity contribution in [1.29, 1.82) is 0 Å². The van der Waals surface area contributed by atoms with Gasteiger partial charge >= 0.3 is 0 Å². The van der Waals surface area contributed by atoms with Crippen molar-refractivity contribution in [2.45, 2.75) is 51.6 Å². The van der Waals surface area contributed by atoms with Gasteiger partial charge in [0.25, 0.3) is 0 Å². The molecule has 0 bridgehead atoms. The summed E-state index contributed by atoms with van der Waals surface area (Å²) in [5.74, 6) is 1.73. The van der Waals surface area contributed by atoms with E-state index in [1.54, 1.807) is 0 Å². The Labute approximate surface area is 166 Å². The van der Waals surface area contributed by atoms with Crippen LogP contribution in [0.4, 0.5) is 0 Å². The Bertz CT molecular complexity index is 686. The Morgan fingerprint density at radius 1 is 1.07 bits per heavy atom. The third-order valence-corrected chi connectivity index (χ3v) is 4.82. The van der Waals surface area contributed by atoms with Crippen LogP contribution in [0.25, 0.3) is 0 Å². The molecule has 0 aromatic heterocycles. The van der Waals surface area contributed by atoms with Crippen LogP contribution in [-0.4, -0.2) is 25.4 Å². The lowest BCUT2D eigenvalue weighted by Crippen LogP contribution is -2.11. The minimum Gasteiger partial charge on any atom is -0.494 e. The molecule has 2 aromatic carbocycles. The zero-order valence-electron chi connectivity index (χ0n) is 15.9. The summed E-state index contributed by atoms with van der Waals surface area (Å²) in [5.41, 5.74) is 0.998. The van der Waals surface area contributed by atoms with Crippen molar-refractivity contribution in [1.82, 2.24) is 0 Å². The van der Waals surface area contributed by atoms with Crippen LogP contribution in [0, 0.1) is 0 Å². The van der Waals surface area contributed by atoms with Crippen molar-refractivity contribution < 1.29 is 18.9 Å². The van der Waals surface area contributed by atoms with Gasteiger partial charge in [-0.05, 0) is 62.6 Å². The Hall–Kier alpha value is -1.75. The van der Waals surface area contributed by atoms with Gasteiger partial charge in [0.2, 0.25) is 0 Å². The zero-order valence-corrected chi connectivity index (χ0v) is 16.7. The average Bonchev–Trinajstić information content (AvgIpc) is 3.16. The number of hydrogen-bond acceptors (Lipinski definition) is 4. The normalized spacial score (nSPS) is 20.4. The van der Waals surface area contributed by atoms with Gasteiger partial charge in [0, 0.05) is 10.6 Å². The molecule has 3 unspecified atom stereocenters. The molecule has 1 saturated heterocycles. The lowest BCUT2D eigenvalue weighted by atomic mass is 10.2. The van der Waals surface area contributed by atoms with E-state index in [0.29, 0.717) is 18.2 Å². The van der Waals surface area contributed by atoms with Crippen molar-refractivity contribution in [3.8, 4) is 11.5 Å². The highest BCUT2D eigenvalue weighted by molar-refractivity contribution is 6.30. The molecule has 0 saturated carbocycles. The Morgan fingerprint density at radius 2 is 1.78 bits per heavy atom. The van der Waals surface area contributed by atoms with Crippen LogP contribution in [0.5, 0.6) is 11.5 Å². The topological polar surface area (TPSA) is 36.9 Å². The first-order chi connectivity index (χ1) is 13.1. The van der Waals surface area contributed by atoms with E-state index in [4.69, 9.17) is 30.5 Å². The Morgan fingerprint density at radius 3 is 2.48 bits per heavy atom. The predicted molar refractivity (Wildman–Crippen MR) is 107 cm³/mol. The summed E-state index contributed by atoms with van der Waals surface area (Å²) < 4.78 is 23.3. The maximum atomic E-state index is 5.97. The minimum atomic E-state index is -0.300. The molecule has 1 aliphatic heterocycles. The monoisotopic (exact) mass is 390 g/mol. The highest BCUT2D eigenvalue weighted by atomic mass is 35.5. The molecular formula is C22H27ClO4. The van der Waals surface area contributed by atoms with Gasteiger partial charge in [-0.15, -0.1) is 0 Å². The molecule has 27 heavy (non-hydrogen) atoms. The lowest BCUT2D eigenvalue weighted by Gasteiger charge is -2.13. The van der Waals surface area contributed by atoms with Gasteiger partial charge in [-0.2, -0.15) is 0 Å². The third-order valence-electron chi connectivity index (χ3n) is 4.57. The summed E-state index contributed by atoms with van der Waals surface area (Å²) in [7, 11) is 0. The summed E-state index contributed by atoms with van der Waals surface area (Å²) in [5, 5.41) is 0.713. The first-order valence-electron chi connectivity index (χ1n) is 9.56. The van der Waals surface area contributed by atoms with Crippen LogP contribution in [0.15, 0.2) is 48.5 Å². The zero-order chi connectivity index (χ0) is 19.1. The second-order valence-electron chi connectivity index (χ2n) is 6.77. The molecular weight excluding hydrogens is 364 g/mol. The fourth-order valence-corrected chi connectivity index (χ4v) is 2.95. The number of halogens is 1. The maximum absolute atomic E-state index is 5.97. The highest BCUT2D eigenvalue weighted by Gasteiger charge is 2.26. The van der Waals surface area contributed by atoms with Crippen LogP contribution in [0.1, 0.15) is 45.0 Å². The van der Waals surface area contributed by atoms with Gasteiger partial charge in [0.05, 0.1) is 25.4 Å². The van der Waals surface area contributed by atoms with Crippen molar-refractivity contribution >= 4 is 11.6 Å². The van der Waals surface area contributed by atoms with Gasteiger partial charge < -0.3 is 18.9 Å². The van der Waals surface area contributed by atoms with E-state index in [2.05, 4.69) is 13.8 Å².